The van der Waals surface area contributed by atoms with Crippen LogP contribution in [-0.4, -0.2) is 14.4 Å². The fraction of sp³-hybridized carbons (Fsp3) is 0.455. The van der Waals surface area contributed by atoms with Crippen LogP contribution in [0, 0.1) is 13.8 Å². The minimum atomic E-state index is 0.459. The van der Waals surface area contributed by atoms with E-state index in [1.54, 1.807) is 0 Å². The SMILES string of the molecule is Cc1cn2cc(C(C)C)nc(C)c2n1. The average Bonchev–Trinajstić information content (AvgIpc) is 2.45. The number of aryl methyl sites for hydroxylation is 2. The van der Waals surface area contributed by atoms with Crippen LogP contribution in [0.15, 0.2) is 12.4 Å². The molecular weight excluding hydrogens is 174 g/mol. The topological polar surface area (TPSA) is 30.2 Å². The molecule has 0 radical (unpaired) electrons. The standard InChI is InChI=1S/C11H15N3/c1-7(2)10-6-14-5-8(3)12-11(14)9(4)13-10/h5-7H,1-4H3. The van der Waals surface area contributed by atoms with Crippen LogP contribution < -0.4 is 0 Å². The predicted molar refractivity (Wildman–Crippen MR) is 56.6 cm³/mol. The Morgan fingerprint density at radius 2 is 1.86 bits per heavy atom. The van der Waals surface area contributed by atoms with Crippen molar-refractivity contribution in [2.75, 3.05) is 0 Å². The highest BCUT2D eigenvalue weighted by Gasteiger charge is 2.07. The van der Waals surface area contributed by atoms with E-state index in [1.165, 1.54) is 0 Å². The van der Waals surface area contributed by atoms with Crippen molar-refractivity contribution in [1.82, 2.24) is 14.4 Å². The second-order valence-corrected chi connectivity index (χ2v) is 4.02. The molecule has 74 valence electrons. The Morgan fingerprint density at radius 1 is 1.14 bits per heavy atom. The molecule has 2 aromatic rings. The van der Waals surface area contributed by atoms with Gasteiger partial charge in [0.1, 0.15) is 0 Å². The maximum atomic E-state index is 4.53. The maximum Gasteiger partial charge on any atom is 0.158 e. The van der Waals surface area contributed by atoms with E-state index in [9.17, 15) is 0 Å². The molecule has 0 saturated heterocycles. The van der Waals surface area contributed by atoms with Gasteiger partial charge in [-0.2, -0.15) is 0 Å². The van der Waals surface area contributed by atoms with Gasteiger partial charge in [0.2, 0.25) is 0 Å². The summed E-state index contributed by atoms with van der Waals surface area (Å²) in [4.78, 5) is 8.94. The fourth-order valence-electron chi connectivity index (χ4n) is 1.58. The van der Waals surface area contributed by atoms with Crippen LogP contribution in [0.1, 0.15) is 36.8 Å². The zero-order chi connectivity index (χ0) is 10.3. The van der Waals surface area contributed by atoms with Gasteiger partial charge in [0, 0.05) is 12.4 Å². The number of hydrogen-bond donors (Lipinski definition) is 0. The second-order valence-electron chi connectivity index (χ2n) is 4.02. The number of hydrogen-bond acceptors (Lipinski definition) is 2. The molecule has 0 fully saturated rings. The normalized spacial score (nSPS) is 11.5. The van der Waals surface area contributed by atoms with Crippen LogP contribution in [0.3, 0.4) is 0 Å². The van der Waals surface area contributed by atoms with Crippen molar-refractivity contribution in [2.24, 2.45) is 0 Å². The van der Waals surface area contributed by atoms with E-state index in [-0.39, 0.29) is 0 Å². The highest BCUT2D eigenvalue weighted by atomic mass is 15.0. The number of imidazole rings is 1. The number of fused-ring (bicyclic) bond motifs is 1. The molecule has 0 spiro atoms. The Morgan fingerprint density at radius 3 is 2.50 bits per heavy atom. The second kappa shape index (κ2) is 3.08. The molecule has 0 saturated carbocycles. The lowest BCUT2D eigenvalue weighted by molar-refractivity contribution is 0.799. The van der Waals surface area contributed by atoms with E-state index in [1.807, 2.05) is 20.0 Å². The molecule has 0 N–H and O–H groups in total. The smallest absolute Gasteiger partial charge is 0.158 e. The van der Waals surface area contributed by atoms with Gasteiger partial charge in [-0.3, -0.25) is 4.98 Å². The predicted octanol–water partition coefficient (Wildman–Crippen LogP) is 2.47. The minimum absolute atomic E-state index is 0.459. The van der Waals surface area contributed by atoms with E-state index in [0.29, 0.717) is 5.92 Å². The molecule has 0 aliphatic rings. The van der Waals surface area contributed by atoms with Gasteiger partial charge < -0.3 is 4.40 Å². The van der Waals surface area contributed by atoms with Gasteiger partial charge in [0.15, 0.2) is 5.65 Å². The summed E-state index contributed by atoms with van der Waals surface area (Å²) < 4.78 is 2.06. The molecule has 0 aliphatic carbocycles. The van der Waals surface area contributed by atoms with Crippen LogP contribution in [0.25, 0.3) is 5.65 Å². The molecule has 0 unspecified atom stereocenters. The lowest BCUT2D eigenvalue weighted by atomic mass is 10.1. The van der Waals surface area contributed by atoms with Gasteiger partial charge >= 0.3 is 0 Å². The van der Waals surface area contributed by atoms with Gasteiger partial charge in [0.25, 0.3) is 0 Å². The van der Waals surface area contributed by atoms with Gasteiger partial charge in [-0.15, -0.1) is 0 Å². The van der Waals surface area contributed by atoms with Crippen LogP contribution >= 0.6 is 0 Å². The van der Waals surface area contributed by atoms with Crippen molar-refractivity contribution in [1.29, 1.82) is 0 Å². The zero-order valence-electron chi connectivity index (χ0n) is 9.07. The Hall–Kier alpha value is -1.38. The first-order chi connectivity index (χ1) is 6.58. The van der Waals surface area contributed by atoms with Gasteiger partial charge in [-0.1, -0.05) is 13.8 Å². The number of nitrogens with zero attached hydrogens (tertiary/aromatic N) is 3. The third-order valence-electron chi connectivity index (χ3n) is 2.34. The highest BCUT2D eigenvalue weighted by molar-refractivity contribution is 5.45. The quantitative estimate of drug-likeness (QED) is 0.689. The summed E-state index contributed by atoms with van der Waals surface area (Å²) in [5.41, 5.74) is 4.12. The largest absolute Gasteiger partial charge is 0.303 e. The molecule has 3 nitrogen and oxygen atoms in total. The van der Waals surface area contributed by atoms with E-state index in [2.05, 4.69) is 34.4 Å². The van der Waals surface area contributed by atoms with Gasteiger partial charge in [-0.25, -0.2) is 4.98 Å². The molecule has 2 heterocycles. The third-order valence-corrected chi connectivity index (χ3v) is 2.34. The Labute approximate surface area is 83.8 Å². The molecular formula is C11H15N3. The molecule has 0 atom stereocenters. The van der Waals surface area contributed by atoms with Crippen molar-refractivity contribution in [2.45, 2.75) is 33.6 Å². The molecule has 0 aliphatic heterocycles. The Balaban J connectivity index is 2.71. The molecule has 2 aromatic heterocycles. The summed E-state index contributed by atoms with van der Waals surface area (Å²) >= 11 is 0. The van der Waals surface area contributed by atoms with Crippen LogP contribution in [0.5, 0.6) is 0 Å². The summed E-state index contributed by atoms with van der Waals surface area (Å²) in [7, 11) is 0. The van der Waals surface area contributed by atoms with Gasteiger partial charge in [0.05, 0.1) is 17.1 Å². The number of aromatic nitrogens is 3. The van der Waals surface area contributed by atoms with Crippen LogP contribution in [0.2, 0.25) is 0 Å². The monoisotopic (exact) mass is 189 g/mol. The Kier molecular flexibility index (Phi) is 2.02. The average molecular weight is 189 g/mol. The van der Waals surface area contributed by atoms with Crippen molar-refractivity contribution >= 4 is 5.65 Å². The first kappa shape index (κ1) is 9.19. The summed E-state index contributed by atoms with van der Waals surface area (Å²) in [6, 6.07) is 0. The molecule has 3 heteroatoms. The van der Waals surface area contributed by atoms with E-state index < -0.39 is 0 Å². The first-order valence-corrected chi connectivity index (χ1v) is 4.91. The summed E-state index contributed by atoms with van der Waals surface area (Å²) in [5, 5.41) is 0. The maximum absolute atomic E-state index is 4.53. The van der Waals surface area contributed by atoms with Crippen molar-refractivity contribution in [3.8, 4) is 0 Å². The highest BCUT2D eigenvalue weighted by Crippen LogP contribution is 2.15. The molecule has 2 rings (SSSR count). The lowest BCUT2D eigenvalue weighted by Gasteiger charge is -2.06. The van der Waals surface area contributed by atoms with E-state index in [4.69, 9.17) is 0 Å². The summed E-state index contributed by atoms with van der Waals surface area (Å²) in [6.45, 7) is 8.31. The molecule has 0 amide bonds. The molecule has 14 heavy (non-hydrogen) atoms. The summed E-state index contributed by atoms with van der Waals surface area (Å²) in [6.07, 6.45) is 4.10. The molecule has 0 bridgehead atoms. The van der Waals surface area contributed by atoms with Crippen LogP contribution in [-0.2, 0) is 0 Å². The first-order valence-electron chi connectivity index (χ1n) is 4.91. The zero-order valence-corrected chi connectivity index (χ0v) is 9.07. The minimum Gasteiger partial charge on any atom is -0.303 e. The lowest BCUT2D eigenvalue weighted by Crippen LogP contribution is -1.99. The Bertz CT molecular complexity index is 469. The van der Waals surface area contributed by atoms with Crippen molar-refractivity contribution in [3.63, 3.8) is 0 Å². The van der Waals surface area contributed by atoms with E-state index in [0.717, 1.165) is 22.7 Å². The summed E-state index contributed by atoms with van der Waals surface area (Å²) in [5.74, 6) is 0.459. The van der Waals surface area contributed by atoms with Crippen molar-refractivity contribution in [3.05, 3.63) is 29.5 Å². The number of rotatable bonds is 1. The van der Waals surface area contributed by atoms with Crippen molar-refractivity contribution < 1.29 is 0 Å². The van der Waals surface area contributed by atoms with Gasteiger partial charge in [-0.05, 0) is 19.8 Å². The molecule has 0 aromatic carbocycles. The third kappa shape index (κ3) is 1.39. The van der Waals surface area contributed by atoms with E-state index >= 15 is 0 Å². The van der Waals surface area contributed by atoms with Crippen LogP contribution in [0.4, 0.5) is 0 Å². The fourth-order valence-corrected chi connectivity index (χ4v) is 1.58.